The molecular formula is C19H20FN3O2. The summed E-state index contributed by atoms with van der Waals surface area (Å²) in [5.74, 6) is -0.508. The van der Waals surface area contributed by atoms with Crippen molar-refractivity contribution in [3.05, 3.63) is 65.7 Å². The van der Waals surface area contributed by atoms with Gasteiger partial charge in [0.15, 0.2) is 0 Å². The number of hydrogen-bond donors (Lipinski definition) is 1. The molecule has 1 fully saturated rings. The maximum atomic E-state index is 13.4. The Morgan fingerprint density at radius 3 is 2.84 bits per heavy atom. The molecule has 1 saturated heterocycles. The predicted octanol–water partition coefficient (Wildman–Crippen LogP) is 2.18. The number of aromatic nitrogens is 1. The Kier molecular flexibility index (Phi) is 5.38. The first-order chi connectivity index (χ1) is 12.1. The van der Waals surface area contributed by atoms with Gasteiger partial charge in [0.05, 0.1) is 6.04 Å². The summed E-state index contributed by atoms with van der Waals surface area (Å²) in [6.45, 7) is 0.968. The smallest absolute Gasteiger partial charge is 0.269 e. The summed E-state index contributed by atoms with van der Waals surface area (Å²) in [5, 5.41) is 2.84. The van der Waals surface area contributed by atoms with E-state index in [4.69, 9.17) is 0 Å². The minimum Gasteiger partial charge on any atom is -0.349 e. The van der Waals surface area contributed by atoms with Gasteiger partial charge < -0.3 is 10.2 Å². The lowest BCUT2D eigenvalue weighted by Crippen LogP contribution is -2.46. The van der Waals surface area contributed by atoms with Gasteiger partial charge in [-0.1, -0.05) is 18.2 Å². The number of carbonyl (C=O) groups is 2. The van der Waals surface area contributed by atoms with Crippen LogP contribution in [0.3, 0.4) is 0 Å². The topological polar surface area (TPSA) is 62.3 Å². The number of amides is 2. The largest absolute Gasteiger partial charge is 0.349 e. The molecule has 0 unspecified atom stereocenters. The number of halogens is 1. The highest BCUT2D eigenvalue weighted by Gasteiger charge is 2.28. The monoisotopic (exact) mass is 341 g/mol. The Labute approximate surface area is 145 Å². The van der Waals surface area contributed by atoms with Gasteiger partial charge in [0, 0.05) is 25.7 Å². The van der Waals surface area contributed by atoms with E-state index in [2.05, 4.69) is 10.3 Å². The van der Waals surface area contributed by atoms with E-state index in [1.54, 1.807) is 35.4 Å². The molecule has 0 radical (unpaired) electrons. The average molecular weight is 341 g/mol. The summed E-state index contributed by atoms with van der Waals surface area (Å²) in [6, 6.07) is 11.3. The highest BCUT2D eigenvalue weighted by Crippen LogP contribution is 2.17. The minimum atomic E-state index is -0.304. The van der Waals surface area contributed by atoms with Gasteiger partial charge in [-0.3, -0.25) is 14.6 Å². The van der Waals surface area contributed by atoms with Crippen LogP contribution in [-0.4, -0.2) is 40.8 Å². The molecule has 3 rings (SSSR count). The Balaban J connectivity index is 1.70. The van der Waals surface area contributed by atoms with E-state index >= 15 is 0 Å². The standard InChI is InChI=1S/C19H20FN3O2/c20-15-6-3-5-14(11-15)12-16(23-10-4-8-18(23)24)13-22-19(25)17-7-1-2-9-21-17/h1-3,5-7,9,11,16H,4,8,10,12-13H2,(H,22,25)/t16-/m0/s1. The third kappa shape index (κ3) is 4.41. The summed E-state index contributed by atoms with van der Waals surface area (Å²) in [4.78, 5) is 30.1. The van der Waals surface area contributed by atoms with Gasteiger partial charge in [0.25, 0.3) is 5.91 Å². The molecule has 5 nitrogen and oxygen atoms in total. The van der Waals surface area contributed by atoms with Gasteiger partial charge in [-0.15, -0.1) is 0 Å². The lowest BCUT2D eigenvalue weighted by molar-refractivity contribution is -0.129. The summed E-state index contributed by atoms with van der Waals surface area (Å²) >= 11 is 0. The number of carbonyl (C=O) groups excluding carboxylic acids is 2. The van der Waals surface area contributed by atoms with Crippen LogP contribution in [0.15, 0.2) is 48.7 Å². The second-order valence-electron chi connectivity index (χ2n) is 6.10. The van der Waals surface area contributed by atoms with Crippen LogP contribution >= 0.6 is 0 Å². The number of hydrogen-bond acceptors (Lipinski definition) is 3. The normalized spacial score (nSPS) is 15.2. The van der Waals surface area contributed by atoms with Crippen LogP contribution in [0.1, 0.15) is 28.9 Å². The Bertz CT molecular complexity index is 751. The molecular weight excluding hydrogens is 321 g/mol. The second-order valence-corrected chi connectivity index (χ2v) is 6.10. The molecule has 25 heavy (non-hydrogen) atoms. The molecule has 1 atom stereocenters. The van der Waals surface area contributed by atoms with Crippen molar-refractivity contribution in [3.8, 4) is 0 Å². The van der Waals surface area contributed by atoms with Crippen molar-refractivity contribution in [2.24, 2.45) is 0 Å². The van der Waals surface area contributed by atoms with Crippen LogP contribution in [-0.2, 0) is 11.2 Å². The fraction of sp³-hybridized carbons (Fsp3) is 0.316. The Hall–Kier alpha value is -2.76. The quantitative estimate of drug-likeness (QED) is 0.876. The summed E-state index contributed by atoms with van der Waals surface area (Å²) < 4.78 is 13.4. The van der Waals surface area contributed by atoms with E-state index in [0.717, 1.165) is 12.0 Å². The summed E-state index contributed by atoms with van der Waals surface area (Å²) in [6.07, 6.45) is 3.38. The first-order valence-electron chi connectivity index (χ1n) is 8.36. The molecule has 0 saturated carbocycles. The molecule has 6 heteroatoms. The zero-order valence-corrected chi connectivity index (χ0v) is 13.8. The molecule has 2 heterocycles. The third-order valence-corrected chi connectivity index (χ3v) is 4.31. The minimum absolute atomic E-state index is 0.0773. The number of benzene rings is 1. The number of nitrogens with zero attached hydrogens (tertiary/aromatic N) is 2. The number of nitrogens with one attached hydrogen (secondary N) is 1. The zero-order valence-electron chi connectivity index (χ0n) is 13.8. The first kappa shape index (κ1) is 17.1. The summed E-state index contributed by atoms with van der Waals surface area (Å²) in [7, 11) is 0. The van der Waals surface area contributed by atoms with E-state index in [-0.39, 0.29) is 23.7 Å². The van der Waals surface area contributed by atoms with Crippen molar-refractivity contribution < 1.29 is 14.0 Å². The molecule has 1 aliphatic heterocycles. The van der Waals surface area contributed by atoms with Crippen LogP contribution < -0.4 is 5.32 Å². The summed E-state index contributed by atoms with van der Waals surface area (Å²) in [5.41, 5.74) is 1.14. The molecule has 0 bridgehead atoms. The SMILES string of the molecule is O=C(NC[C@H](Cc1cccc(F)c1)N1CCCC1=O)c1ccccn1. The molecule has 2 amide bonds. The number of rotatable bonds is 6. The average Bonchev–Trinajstić information content (AvgIpc) is 3.05. The molecule has 2 aromatic rings. The van der Waals surface area contributed by atoms with Gasteiger partial charge in [-0.05, 0) is 42.7 Å². The van der Waals surface area contributed by atoms with Crippen molar-refractivity contribution in [2.45, 2.75) is 25.3 Å². The second kappa shape index (κ2) is 7.88. The van der Waals surface area contributed by atoms with Crippen molar-refractivity contribution in [1.82, 2.24) is 15.2 Å². The number of pyridine rings is 1. The van der Waals surface area contributed by atoms with Gasteiger partial charge in [-0.25, -0.2) is 4.39 Å². The van der Waals surface area contributed by atoms with Crippen molar-refractivity contribution >= 4 is 11.8 Å². The molecule has 0 aliphatic carbocycles. The van der Waals surface area contributed by atoms with Crippen molar-refractivity contribution in [3.63, 3.8) is 0 Å². The van der Waals surface area contributed by atoms with Crippen LogP contribution in [0.2, 0.25) is 0 Å². The maximum absolute atomic E-state index is 13.4. The third-order valence-electron chi connectivity index (χ3n) is 4.31. The van der Waals surface area contributed by atoms with E-state index in [0.29, 0.717) is 31.6 Å². The molecule has 1 N–H and O–H groups in total. The van der Waals surface area contributed by atoms with E-state index < -0.39 is 0 Å². The van der Waals surface area contributed by atoms with Gasteiger partial charge in [0.2, 0.25) is 5.91 Å². The van der Waals surface area contributed by atoms with Gasteiger partial charge in [-0.2, -0.15) is 0 Å². The van der Waals surface area contributed by atoms with Crippen molar-refractivity contribution in [1.29, 1.82) is 0 Å². The fourth-order valence-corrected chi connectivity index (χ4v) is 3.08. The van der Waals surface area contributed by atoms with E-state index in [9.17, 15) is 14.0 Å². The highest BCUT2D eigenvalue weighted by atomic mass is 19.1. The van der Waals surface area contributed by atoms with Crippen LogP contribution in [0.5, 0.6) is 0 Å². The molecule has 1 aliphatic rings. The van der Waals surface area contributed by atoms with Crippen LogP contribution in [0, 0.1) is 5.82 Å². The Morgan fingerprint density at radius 2 is 2.16 bits per heavy atom. The lowest BCUT2D eigenvalue weighted by Gasteiger charge is -2.28. The van der Waals surface area contributed by atoms with Gasteiger partial charge in [0.1, 0.15) is 11.5 Å². The van der Waals surface area contributed by atoms with E-state index in [1.807, 2.05) is 6.07 Å². The van der Waals surface area contributed by atoms with Gasteiger partial charge >= 0.3 is 0 Å². The lowest BCUT2D eigenvalue weighted by atomic mass is 10.0. The van der Waals surface area contributed by atoms with E-state index in [1.165, 1.54) is 12.1 Å². The first-order valence-corrected chi connectivity index (χ1v) is 8.36. The maximum Gasteiger partial charge on any atom is 0.269 e. The highest BCUT2D eigenvalue weighted by molar-refractivity contribution is 5.92. The molecule has 0 spiro atoms. The fourth-order valence-electron chi connectivity index (χ4n) is 3.08. The molecule has 1 aromatic heterocycles. The van der Waals surface area contributed by atoms with Crippen LogP contribution in [0.4, 0.5) is 4.39 Å². The molecule has 130 valence electrons. The molecule has 1 aromatic carbocycles. The zero-order chi connectivity index (χ0) is 17.6. The van der Waals surface area contributed by atoms with Crippen molar-refractivity contribution in [2.75, 3.05) is 13.1 Å². The predicted molar refractivity (Wildman–Crippen MR) is 91.4 cm³/mol. The number of likely N-dealkylation sites (tertiary alicyclic amines) is 1. The van der Waals surface area contributed by atoms with Crippen LogP contribution in [0.25, 0.3) is 0 Å². The Morgan fingerprint density at radius 1 is 1.28 bits per heavy atom.